The largest absolute Gasteiger partial charge is 0.472 e. The van der Waals surface area contributed by atoms with Gasteiger partial charge in [-0.3, -0.25) is 4.79 Å². The lowest BCUT2D eigenvalue weighted by Crippen LogP contribution is -2.28. The maximum Gasteiger partial charge on any atom is 0.254 e. The van der Waals surface area contributed by atoms with Crippen LogP contribution >= 0.6 is 0 Å². The van der Waals surface area contributed by atoms with Gasteiger partial charge >= 0.3 is 0 Å². The van der Waals surface area contributed by atoms with Crippen LogP contribution < -0.4 is 5.32 Å². The van der Waals surface area contributed by atoms with Gasteiger partial charge in [-0.15, -0.1) is 0 Å². The lowest BCUT2D eigenvalue weighted by Gasteiger charge is -2.12. The SMILES string of the molecule is O=C(NCC(O)c1ccc2ccccc2c1)c1ccoc1. The fraction of sp³-hybridized carbons (Fsp3) is 0.118. The second-order valence-electron chi connectivity index (χ2n) is 4.84. The summed E-state index contributed by atoms with van der Waals surface area (Å²) in [6.07, 6.45) is 2.07. The third kappa shape index (κ3) is 2.95. The van der Waals surface area contributed by atoms with E-state index < -0.39 is 6.10 Å². The number of hydrogen-bond donors (Lipinski definition) is 2. The summed E-state index contributed by atoms with van der Waals surface area (Å²) in [4.78, 5) is 11.8. The molecule has 1 amide bonds. The van der Waals surface area contributed by atoms with E-state index >= 15 is 0 Å². The van der Waals surface area contributed by atoms with E-state index in [1.807, 2.05) is 42.5 Å². The number of amides is 1. The number of carbonyl (C=O) groups is 1. The molecule has 0 fully saturated rings. The van der Waals surface area contributed by atoms with Gasteiger partial charge in [0, 0.05) is 6.54 Å². The first kappa shape index (κ1) is 13.4. The normalized spacial score (nSPS) is 12.2. The highest BCUT2D eigenvalue weighted by Gasteiger charge is 2.12. The third-order valence-electron chi connectivity index (χ3n) is 3.40. The quantitative estimate of drug-likeness (QED) is 0.773. The van der Waals surface area contributed by atoms with Crippen molar-refractivity contribution in [2.45, 2.75) is 6.10 Å². The van der Waals surface area contributed by atoms with Crippen molar-refractivity contribution in [1.29, 1.82) is 0 Å². The minimum Gasteiger partial charge on any atom is -0.472 e. The Morgan fingerprint density at radius 1 is 1.14 bits per heavy atom. The number of furan rings is 1. The molecule has 0 radical (unpaired) electrons. The predicted molar refractivity (Wildman–Crippen MR) is 79.9 cm³/mol. The zero-order valence-corrected chi connectivity index (χ0v) is 11.3. The van der Waals surface area contributed by atoms with E-state index in [4.69, 9.17) is 4.42 Å². The summed E-state index contributed by atoms with van der Waals surface area (Å²) in [7, 11) is 0. The van der Waals surface area contributed by atoms with Crippen LogP contribution in [0.2, 0.25) is 0 Å². The Bertz CT molecular complexity index is 750. The minimum atomic E-state index is -0.745. The second kappa shape index (κ2) is 5.81. The van der Waals surface area contributed by atoms with Crippen LogP contribution in [0.15, 0.2) is 65.5 Å². The van der Waals surface area contributed by atoms with Gasteiger partial charge in [0.25, 0.3) is 5.91 Å². The first-order valence-corrected chi connectivity index (χ1v) is 6.71. The van der Waals surface area contributed by atoms with Crippen molar-refractivity contribution in [2.75, 3.05) is 6.54 Å². The predicted octanol–water partition coefficient (Wildman–Crippen LogP) is 2.90. The van der Waals surface area contributed by atoms with Gasteiger partial charge in [0.1, 0.15) is 6.26 Å². The number of aliphatic hydroxyl groups is 1. The molecule has 21 heavy (non-hydrogen) atoms. The molecule has 1 atom stereocenters. The molecule has 2 aromatic carbocycles. The van der Waals surface area contributed by atoms with E-state index in [9.17, 15) is 9.90 Å². The number of rotatable bonds is 4. The maximum atomic E-state index is 11.8. The van der Waals surface area contributed by atoms with Crippen molar-refractivity contribution in [1.82, 2.24) is 5.32 Å². The van der Waals surface area contributed by atoms with Crippen molar-refractivity contribution in [3.8, 4) is 0 Å². The molecule has 2 N–H and O–H groups in total. The van der Waals surface area contributed by atoms with E-state index in [0.29, 0.717) is 5.56 Å². The van der Waals surface area contributed by atoms with Gasteiger partial charge in [-0.25, -0.2) is 0 Å². The Balaban J connectivity index is 1.69. The molecule has 0 spiro atoms. The number of nitrogens with one attached hydrogen (secondary N) is 1. The first-order valence-electron chi connectivity index (χ1n) is 6.71. The number of carbonyl (C=O) groups excluding carboxylic acids is 1. The van der Waals surface area contributed by atoms with Crippen molar-refractivity contribution < 1.29 is 14.3 Å². The van der Waals surface area contributed by atoms with Gasteiger partial charge in [-0.1, -0.05) is 36.4 Å². The molecule has 3 rings (SSSR count). The molecule has 0 bridgehead atoms. The van der Waals surface area contributed by atoms with E-state index in [2.05, 4.69) is 5.32 Å². The Labute approximate surface area is 122 Å². The summed E-state index contributed by atoms with van der Waals surface area (Å²) in [5.41, 5.74) is 1.22. The number of hydrogen-bond acceptors (Lipinski definition) is 3. The maximum absolute atomic E-state index is 11.8. The molecule has 4 nitrogen and oxygen atoms in total. The molecular weight excluding hydrogens is 266 g/mol. The monoisotopic (exact) mass is 281 g/mol. The molecule has 0 aliphatic rings. The fourth-order valence-corrected chi connectivity index (χ4v) is 2.22. The van der Waals surface area contributed by atoms with Gasteiger partial charge in [-0.2, -0.15) is 0 Å². The highest BCUT2D eigenvalue weighted by Crippen LogP contribution is 2.20. The Morgan fingerprint density at radius 3 is 2.71 bits per heavy atom. The molecule has 0 aliphatic heterocycles. The van der Waals surface area contributed by atoms with Crippen LogP contribution in [0.25, 0.3) is 10.8 Å². The molecule has 4 heteroatoms. The zero-order valence-electron chi connectivity index (χ0n) is 11.3. The smallest absolute Gasteiger partial charge is 0.254 e. The summed E-state index contributed by atoms with van der Waals surface area (Å²) in [5, 5.41) is 15.1. The number of aliphatic hydroxyl groups excluding tert-OH is 1. The minimum absolute atomic E-state index is 0.155. The molecule has 1 heterocycles. The molecular formula is C17H15NO3. The molecule has 0 saturated heterocycles. The highest BCUT2D eigenvalue weighted by molar-refractivity contribution is 5.93. The van der Waals surface area contributed by atoms with Crippen molar-refractivity contribution in [2.24, 2.45) is 0 Å². The summed E-state index contributed by atoms with van der Waals surface area (Å²) in [6.45, 7) is 0.155. The van der Waals surface area contributed by atoms with Crippen molar-refractivity contribution in [3.63, 3.8) is 0 Å². The molecule has 106 valence electrons. The number of fused-ring (bicyclic) bond motifs is 1. The number of benzene rings is 2. The lowest BCUT2D eigenvalue weighted by atomic mass is 10.0. The van der Waals surface area contributed by atoms with Crippen molar-refractivity contribution in [3.05, 3.63) is 72.2 Å². The van der Waals surface area contributed by atoms with Crippen LogP contribution in [0.1, 0.15) is 22.0 Å². The van der Waals surface area contributed by atoms with E-state index in [-0.39, 0.29) is 12.5 Å². The Morgan fingerprint density at radius 2 is 1.95 bits per heavy atom. The zero-order chi connectivity index (χ0) is 14.7. The van der Waals surface area contributed by atoms with Crippen molar-refractivity contribution >= 4 is 16.7 Å². The highest BCUT2D eigenvalue weighted by atomic mass is 16.3. The lowest BCUT2D eigenvalue weighted by molar-refractivity contribution is 0.0916. The summed E-state index contributed by atoms with van der Waals surface area (Å²) in [5.74, 6) is -0.261. The van der Waals surface area contributed by atoms with E-state index in [1.165, 1.54) is 12.5 Å². The third-order valence-corrected chi connectivity index (χ3v) is 3.40. The second-order valence-corrected chi connectivity index (χ2v) is 4.84. The summed E-state index contributed by atoms with van der Waals surface area (Å²) >= 11 is 0. The van der Waals surface area contributed by atoms with Gasteiger partial charge in [0.15, 0.2) is 0 Å². The first-order chi connectivity index (χ1) is 10.2. The van der Waals surface area contributed by atoms with Crippen LogP contribution in [-0.4, -0.2) is 17.6 Å². The molecule has 1 unspecified atom stereocenters. The summed E-state index contributed by atoms with van der Waals surface area (Å²) < 4.78 is 4.85. The van der Waals surface area contributed by atoms with Crippen LogP contribution in [0.3, 0.4) is 0 Å². The summed E-state index contributed by atoms with van der Waals surface area (Å²) in [6, 6.07) is 15.3. The van der Waals surface area contributed by atoms with Crippen LogP contribution in [-0.2, 0) is 0 Å². The molecule has 0 aliphatic carbocycles. The van der Waals surface area contributed by atoms with Gasteiger partial charge in [0.2, 0.25) is 0 Å². The Kier molecular flexibility index (Phi) is 3.71. The topological polar surface area (TPSA) is 62.5 Å². The van der Waals surface area contributed by atoms with Crippen LogP contribution in [0, 0.1) is 0 Å². The van der Waals surface area contributed by atoms with Gasteiger partial charge in [0.05, 0.1) is 17.9 Å². The van der Waals surface area contributed by atoms with E-state index in [0.717, 1.165) is 16.3 Å². The average molecular weight is 281 g/mol. The standard InChI is InChI=1S/C17H15NO3/c19-16(10-18-17(20)15-7-8-21-11-15)14-6-5-12-3-1-2-4-13(12)9-14/h1-9,11,16,19H,10H2,(H,18,20). The molecule has 1 aromatic heterocycles. The molecule has 0 saturated carbocycles. The van der Waals surface area contributed by atoms with E-state index in [1.54, 1.807) is 6.07 Å². The fourth-order valence-electron chi connectivity index (χ4n) is 2.22. The van der Waals surface area contributed by atoms with Crippen LogP contribution in [0.5, 0.6) is 0 Å². The van der Waals surface area contributed by atoms with Gasteiger partial charge < -0.3 is 14.8 Å². The Hall–Kier alpha value is -2.59. The van der Waals surface area contributed by atoms with Gasteiger partial charge in [-0.05, 0) is 28.5 Å². The average Bonchev–Trinajstić information content (AvgIpc) is 3.06. The van der Waals surface area contributed by atoms with Crippen LogP contribution in [0.4, 0.5) is 0 Å². The molecule has 3 aromatic rings.